The molecule has 2 aromatic heterocycles. The molecule has 1 aliphatic carbocycles. The van der Waals surface area contributed by atoms with Crippen molar-refractivity contribution in [2.24, 2.45) is 11.7 Å². The summed E-state index contributed by atoms with van der Waals surface area (Å²) in [5.74, 6) is -0.161. The Kier molecular flexibility index (Phi) is 6.53. The molecule has 11 nitrogen and oxygen atoms in total. The summed E-state index contributed by atoms with van der Waals surface area (Å²) in [5, 5.41) is 34.9. The second-order valence-corrected chi connectivity index (χ2v) is 9.46. The van der Waals surface area contributed by atoms with Gasteiger partial charge in [-0.3, -0.25) is 14.4 Å². The number of hydrogen-bond donors (Lipinski definition) is 3. The van der Waals surface area contributed by atoms with Gasteiger partial charge < -0.3 is 16.2 Å². The largest absolute Gasteiger partial charge is 0.374 e. The van der Waals surface area contributed by atoms with Crippen molar-refractivity contribution in [3.8, 4) is 11.8 Å². The van der Waals surface area contributed by atoms with Gasteiger partial charge in [0, 0.05) is 31.7 Å². The normalized spacial score (nSPS) is 23.2. The standard InChI is InChI=1S/C24H28FN9O2/c25-20-15-32(13-16-1-5-18(6-2-16)34-28-10-11-29-34)12-8-24(20,7-9-26)33-14-19(21(27)35)22(31-33)30-23(36)17-3-4-17/h1-2,5-6,10-11,14,17,20-21,35H,3-4,7-8,12-13,15,27H2,(H,30,31,36). The number of piperidine rings is 1. The summed E-state index contributed by atoms with van der Waals surface area (Å²) in [5.41, 5.74) is 6.52. The Bertz CT molecular complexity index is 1250. The first-order valence-electron chi connectivity index (χ1n) is 11.9. The zero-order valence-corrected chi connectivity index (χ0v) is 19.7. The van der Waals surface area contributed by atoms with Crippen LogP contribution in [0.25, 0.3) is 5.69 Å². The van der Waals surface area contributed by atoms with Crippen LogP contribution in [0.5, 0.6) is 0 Å². The van der Waals surface area contributed by atoms with Crippen molar-refractivity contribution in [2.75, 3.05) is 18.4 Å². The fraction of sp³-hybridized carbons (Fsp3) is 0.458. The predicted molar refractivity (Wildman–Crippen MR) is 127 cm³/mol. The van der Waals surface area contributed by atoms with E-state index in [0.29, 0.717) is 19.5 Å². The molecule has 36 heavy (non-hydrogen) atoms. The topological polar surface area (TPSA) is 151 Å². The lowest BCUT2D eigenvalue weighted by molar-refractivity contribution is -0.117. The third-order valence-corrected chi connectivity index (χ3v) is 6.95. The van der Waals surface area contributed by atoms with Crippen molar-refractivity contribution in [2.45, 2.75) is 50.2 Å². The maximum Gasteiger partial charge on any atom is 0.228 e. The van der Waals surface area contributed by atoms with Crippen LogP contribution in [0.1, 0.15) is 43.0 Å². The Labute approximate surface area is 207 Å². The molecular weight excluding hydrogens is 465 g/mol. The average Bonchev–Trinajstić information content (AvgIpc) is 3.40. The third-order valence-electron chi connectivity index (χ3n) is 6.95. The summed E-state index contributed by atoms with van der Waals surface area (Å²) in [7, 11) is 0. The number of nitrogens with one attached hydrogen (secondary N) is 1. The van der Waals surface area contributed by atoms with Gasteiger partial charge in [-0.05, 0) is 37.0 Å². The number of aliphatic hydroxyl groups is 1. The minimum absolute atomic E-state index is 0.0759. The van der Waals surface area contributed by atoms with Crippen LogP contribution in [0, 0.1) is 17.2 Å². The molecule has 0 spiro atoms. The number of amides is 1. The molecule has 3 unspecified atom stereocenters. The summed E-state index contributed by atoms with van der Waals surface area (Å²) < 4.78 is 17.3. The van der Waals surface area contributed by atoms with Crippen LogP contribution >= 0.6 is 0 Å². The van der Waals surface area contributed by atoms with E-state index in [-0.39, 0.29) is 36.2 Å². The van der Waals surface area contributed by atoms with E-state index >= 15 is 4.39 Å². The Hall–Kier alpha value is -3.66. The molecule has 3 aromatic rings. The molecule has 1 aliphatic heterocycles. The molecule has 3 atom stereocenters. The van der Waals surface area contributed by atoms with Crippen LogP contribution in [0.4, 0.5) is 10.2 Å². The number of hydrogen-bond acceptors (Lipinski definition) is 8. The fourth-order valence-electron chi connectivity index (χ4n) is 4.65. The SMILES string of the molecule is N#CCC1(n2cc(C(N)O)c(NC(=O)C3CC3)n2)CCN(Cc2ccc(-n3nccn3)cc2)CC1F. The van der Waals surface area contributed by atoms with Crippen molar-refractivity contribution in [3.63, 3.8) is 0 Å². The molecule has 0 bridgehead atoms. The Morgan fingerprint density at radius 3 is 2.64 bits per heavy atom. The zero-order valence-electron chi connectivity index (χ0n) is 19.7. The number of nitrogens with two attached hydrogens (primary N) is 1. The molecule has 1 saturated heterocycles. The molecule has 2 aliphatic rings. The number of nitriles is 1. The minimum atomic E-state index is -1.41. The first-order valence-corrected chi connectivity index (χ1v) is 11.9. The lowest BCUT2D eigenvalue weighted by atomic mass is 9.83. The van der Waals surface area contributed by atoms with E-state index in [4.69, 9.17) is 5.73 Å². The number of carbonyl (C=O) groups excluding carboxylic acids is 1. The van der Waals surface area contributed by atoms with Gasteiger partial charge in [0.25, 0.3) is 0 Å². The number of nitrogens with zero attached hydrogens (tertiary/aromatic N) is 7. The molecule has 0 radical (unpaired) electrons. The predicted octanol–water partition coefficient (Wildman–Crippen LogP) is 1.61. The maximum absolute atomic E-state index is 15.9. The van der Waals surface area contributed by atoms with Crippen LogP contribution in [-0.2, 0) is 16.9 Å². The van der Waals surface area contributed by atoms with Gasteiger partial charge in [0.2, 0.25) is 5.91 Å². The molecule has 12 heteroatoms. The molecule has 2 fully saturated rings. The molecule has 5 rings (SSSR count). The fourth-order valence-corrected chi connectivity index (χ4v) is 4.65. The smallest absolute Gasteiger partial charge is 0.228 e. The van der Waals surface area contributed by atoms with E-state index in [1.54, 1.807) is 12.4 Å². The van der Waals surface area contributed by atoms with Crippen LogP contribution in [0.15, 0.2) is 42.9 Å². The van der Waals surface area contributed by atoms with Crippen molar-refractivity contribution < 1.29 is 14.3 Å². The zero-order chi connectivity index (χ0) is 25.3. The highest BCUT2D eigenvalue weighted by Crippen LogP contribution is 2.38. The number of rotatable bonds is 8. The lowest BCUT2D eigenvalue weighted by Gasteiger charge is -2.43. The van der Waals surface area contributed by atoms with E-state index in [0.717, 1.165) is 24.1 Å². The van der Waals surface area contributed by atoms with Gasteiger partial charge >= 0.3 is 0 Å². The average molecular weight is 494 g/mol. The van der Waals surface area contributed by atoms with Crippen LogP contribution < -0.4 is 11.1 Å². The van der Waals surface area contributed by atoms with E-state index in [1.165, 1.54) is 15.7 Å². The van der Waals surface area contributed by atoms with Gasteiger partial charge in [0.1, 0.15) is 17.9 Å². The van der Waals surface area contributed by atoms with Crippen molar-refractivity contribution in [3.05, 3.63) is 54.0 Å². The number of anilines is 1. The highest BCUT2D eigenvalue weighted by molar-refractivity contribution is 5.93. The molecule has 3 heterocycles. The highest BCUT2D eigenvalue weighted by atomic mass is 19.1. The molecule has 4 N–H and O–H groups in total. The molecule has 1 amide bonds. The Morgan fingerprint density at radius 2 is 2.03 bits per heavy atom. The van der Waals surface area contributed by atoms with Crippen molar-refractivity contribution in [1.82, 2.24) is 29.7 Å². The molecule has 1 saturated carbocycles. The van der Waals surface area contributed by atoms with Crippen molar-refractivity contribution >= 4 is 11.7 Å². The van der Waals surface area contributed by atoms with Gasteiger partial charge in [-0.2, -0.15) is 25.4 Å². The Balaban J connectivity index is 1.32. The highest BCUT2D eigenvalue weighted by Gasteiger charge is 2.46. The molecule has 188 valence electrons. The van der Waals surface area contributed by atoms with E-state index in [1.807, 2.05) is 29.2 Å². The van der Waals surface area contributed by atoms with Crippen LogP contribution in [-0.4, -0.2) is 59.9 Å². The summed E-state index contributed by atoms with van der Waals surface area (Å²) in [4.78, 5) is 15.8. The second kappa shape index (κ2) is 9.77. The van der Waals surface area contributed by atoms with Crippen LogP contribution in [0.2, 0.25) is 0 Å². The van der Waals surface area contributed by atoms with Gasteiger partial charge in [0.15, 0.2) is 5.82 Å². The number of aromatic nitrogens is 5. The maximum atomic E-state index is 15.9. The third kappa shape index (κ3) is 4.73. The number of likely N-dealkylation sites (tertiary alicyclic amines) is 1. The lowest BCUT2D eigenvalue weighted by Crippen LogP contribution is -2.54. The number of carbonyl (C=O) groups is 1. The van der Waals surface area contributed by atoms with Crippen molar-refractivity contribution in [1.29, 1.82) is 5.26 Å². The minimum Gasteiger partial charge on any atom is -0.374 e. The van der Waals surface area contributed by atoms with E-state index in [2.05, 4.69) is 26.7 Å². The number of halogens is 1. The van der Waals surface area contributed by atoms with E-state index < -0.39 is 17.9 Å². The monoisotopic (exact) mass is 493 g/mol. The van der Waals surface area contributed by atoms with Crippen LogP contribution in [0.3, 0.4) is 0 Å². The first kappa shape index (κ1) is 24.1. The summed E-state index contributed by atoms with van der Waals surface area (Å²) in [6, 6.07) is 9.84. The van der Waals surface area contributed by atoms with Gasteiger partial charge in [-0.15, -0.1) is 0 Å². The summed E-state index contributed by atoms with van der Waals surface area (Å²) in [6.45, 7) is 1.19. The van der Waals surface area contributed by atoms with Gasteiger partial charge in [-0.25, -0.2) is 4.39 Å². The second-order valence-electron chi connectivity index (χ2n) is 9.46. The molecule has 1 aromatic carbocycles. The van der Waals surface area contributed by atoms with Gasteiger partial charge in [0.05, 0.1) is 36.1 Å². The molecular formula is C24H28FN9O2. The summed E-state index contributed by atoms with van der Waals surface area (Å²) >= 11 is 0. The quantitative estimate of drug-likeness (QED) is 0.401. The van der Waals surface area contributed by atoms with Gasteiger partial charge in [-0.1, -0.05) is 12.1 Å². The Morgan fingerprint density at radius 1 is 1.31 bits per heavy atom. The van der Waals surface area contributed by atoms with E-state index in [9.17, 15) is 15.2 Å². The number of aliphatic hydroxyl groups excluding tert-OH is 1. The number of alkyl halides is 1. The number of benzene rings is 1. The summed E-state index contributed by atoms with van der Waals surface area (Å²) in [6.07, 6.45) is 3.69. The first-order chi connectivity index (χ1) is 17.4.